The first-order valence-corrected chi connectivity index (χ1v) is 8.86. The van der Waals surface area contributed by atoms with Gasteiger partial charge in [0.2, 0.25) is 10.0 Å². The minimum absolute atomic E-state index is 0.0411. The van der Waals surface area contributed by atoms with Gasteiger partial charge in [0, 0.05) is 29.7 Å². The summed E-state index contributed by atoms with van der Waals surface area (Å²) < 4.78 is 40.5. The first-order valence-electron chi connectivity index (χ1n) is 6.38. The Morgan fingerprint density at radius 3 is 2.80 bits per heavy atom. The molecule has 0 radical (unpaired) electrons. The standard InChI is InChI=1S/C13H18FNO3S2/c1-9-7-15(3-4-19-9)20(17,18)13-6-11(8-16)5-12(14)10(13)2/h5-6,9,16H,3-4,7-8H2,1-2H3. The molecule has 4 nitrogen and oxygen atoms in total. The van der Waals surface area contributed by atoms with Crippen molar-refractivity contribution in [1.29, 1.82) is 0 Å². The molecule has 1 unspecified atom stereocenters. The maximum atomic E-state index is 13.8. The zero-order valence-electron chi connectivity index (χ0n) is 11.5. The normalized spacial score (nSPS) is 21.1. The van der Waals surface area contributed by atoms with Crippen LogP contribution >= 0.6 is 11.8 Å². The average molecular weight is 319 g/mol. The van der Waals surface area contributed by atoms with E-state index in [0.717, 1.165) is 5.75 Å². The second-order valence-electron chi connectivity index (χ2n) is 4.90. The van der Waals surface area contributed by atoms with Crippen molar-refractivity contribution in [3.63, 3.8) is 0 Å². The lowest BCUT2D eigenvalue weighted by Crippen LogP contribution is -2.41. The van der Waals surface area contributed by atoms with Crippen LogP contribution in [0, 0.1) is 12.7 Å². The van der Waals surface area contributed by atoms with Gasteiger partial charge in [-0.25, -0.2) is 12.8 Å². The van der Waals surface area contributed by atoms with E-state index in [1.807, 2.05) is 6.92 Å². The van der Waals surface area contributed by atoms with Crippen LogP contribution in [-0.2, 0) is 16.6 Å². The van der Waals surface area contributed by atoms with Gasteiger partial charge in [-0.3, -0.25) is 0 Å². The van der Waals surface area contributed by atoms with E-state index in [0.29, 0.717) is 13.1 Å². The molecule has 0 bridgehead atoms. The molecule has 1 aliphatic rings. The lowest BCUT2D eigenvalue weighted by Gasteiger charge is -2.30. The highest BCUT2D eigenvalue weighted by molar-refractivity contribution is 8.00. The van der Waals surface area contributed by atoms with Crippen LogP contribution in [0.25, 0.3) is 0 Å². The van der Waals surface area contributed by atoms with Crippen molar-refractivity contribution >= 4 is 21.8 Å². The largest absolute Gasteiger partial charge is 0.392 e. The topological polar surface area (TPSA) is 57.6 Å². The summed E-state index contributed by atoms with van der Waals surface area (Å²) in [5, 5.41) is 9.34. The van der Waals surface area contributed by atoms with Crippen LogP contribution in [0.3, 0.4) is 0 Å². The molecule has 112 valence electrons. The van der Waals surface area contributed by atoms with Gasteiger partial charge < -0.3 is 5.11 Å². The van der Waals surface area contributed by atoms with E-state index in [1.165, 1.54) is 23.4 Å². The molecule has 1 aromatic carbocycles. The molecule has 1 heterocycles. The molecule has 1 aromatic rings. The van der Waals surface area contributed by atoms with Crippen molar-refractivity contribution in [3.8, 4) is 0 Å². The van der Waals surface area contributed by atoms with E-state index in [9.17, 15) is 12.8 Å². The van der Waals surface area contributed by atoms with Crippen LogP contribution in [0.15, 0.2) is 17.0 Å². The first kappa shape index (κ1) is 15.8. The van der Waals surface area contributed by atoms with Crippen LogP contribution in [0.1, 0.15) is 18.1 Å². The fraction of sp³-hybridized carbons (Fsp3) is 0.538. The van der Waals surface area contributed by atoms with E-state index < -0.39 is 15.8 Å². The maximum absolute atomic E-state index is 13.8. The van der Waals surface area contributed by atoms with Gasteiger partial charge in [0.1, 0.15) is 5.82 Å². The van der Waals surface area contributed by atoms with Gasteiger partial charge in [-0.2, -0.15) is 16.1 Å². The minimum Gasteiger partial charge on any atom is -0.392 e. The van der Waals surface area contributed by atoms with Gasteiger partial charge in [-0.05, 0) is 24.6 Å². The Morgan fingerprint density at radius 1 is 1.50 bits per heavy atom. The number of hydrogen-bond donors (Lipinski definition) is 1. The molecule has 1 fully saturated rings. The van der Waals surface area contributed by atoms with E-state index in [4.69, 9.17) is 5.11 Å². The Morgan fingerprint density at radius 2 is 2.20 bits per heavy atom. The summed E-state index contributed by atoms with van der Waals surface area (Å²) in [5.74, 6) is 0.135. The smallest absolute Gasteiger partial charge is 0.243 e. The number of hydrogen-bond acceptors (Lipinski definition) is 4. The molecule has 2 rings (SSSR count). The van der Waals surface area contributed by atoms with Crippen molar-refractivity contribution in [3.05, 3.63) is 29.1 Å². The van der Waals surface area contributed by atoms with E-state index >= 15 is 0 Å². The fourth-order valence-corrected chi connectivity index (χ4v) is 5.25. The molecule has 0 amide bonds. The Bertz CT molecular complexity index is 604. The molecule has 1 atom stereocenters. The summed E-state index contributed by atoms with van der Waals surface area (Å²) >= 11 is 1.73. The van der Waals surface area contributed by atoms with Gasteiger partial charge in [0.25, 0.3) is 0 Å². The number of benzene rings is 1. The highest BCUT2D eigenvalue weighted by Crippen LogP contribution is 2.28. The van der Waals surface area contributed by atoms with Crippen LogP contribution < -0.4 is 0 Å². The summed E-state index contributed by atoms with van der Waals surface area (Å²) in [7, 11) is -3.71. The molecule has 0 aliphatic carbocycles. The summed E-state index contributed by atoms with van der Waals surface area (Å²) in [6.07, 6.45) is 0. The second-order valence-corrected chi connectivity index (χ2v) is 8.36. The van der Waals surface area contributed by atoms with E-state index in [-0.39, 0.29) is 27.9 Å². The van der Waals surface area contributed by atoms with Crippen molar-refractivity contribution in [1.82, 2.24) is 4.31 Å². The predicted octanol–water partition coefficient (Wildman–Crippen LogP) is 1.75. The Labute approximate surface area is 123 Å². The van der Waals surface area contributed by atoms with Crippen molar-refractivity contribution in [2.45, 2.75) is 30.6 Å². The predicted molar refractivity (Wildman–Crippen MR) is 77.7 cm³/mol. The summed E-state index contributed by atoms with van der Waals surface area (Å²) in [4.78, 5) is -0.0411. The minimum atomic E-state index is -3.71. The number of aliphatic hydroxyl groups excluding tert-OH is 1. The fourth-order valence-electron chi connectivity index (χ4n) is 2.21. The van der Waals surface area contributed by atoms with Crippen LogP contribution in [0.4, 0.5) is 4.39 Å². The quantitative estimate of drug-likeness (QED) is 0.922. The number of thioether (sulfide) groups is 1. The number of aliphatic hydroxyl groups is 1. The molecule has 1 aliphatic heterocycles. The lowest BCUT2D eigenvalue weighted by atomic mass is 10.1. The summed E-state index contributed by atoms with van der Waals surface area (Å²) in [5.41, 5.74) is 0.374. The molecule has 0 spiro atoms. The summed E-state index contributed by atoms with van der Waals surface area (Å²) in [6.45, 7) is 3.90. The third-order valence-corrected chi connectivity index (χ3v) is 6.49. The monoisotopic (exact) mass is 319 g/mol. The van der Waals surface area contributed by atoms with E-state index in [1.54, 1.807) is 11.8 Å². The molecule has 1 N–H and O–H groups in total. The third-order valence-electron chi connectivity index (χ3n) is 3.36. The molecule has 20 heavy (non-hydrogen) atoms. The molecule has 1 saturated heterocycles. The van der Waals surface area contributed by atoms with Gasteiger partial charge in [0.15, 0.2) is 0 Å². The molecule has 0 saturated carbocycles. The Hall–Kier alpha value is -0.630. The van der Waals surface area contributed by atoms with Gasteiger partial charge in [0.05, 0.1) is 11.5 Å². The maximum Gasteiger partial charge on any atom is 0.243 e. The van der Waals surface area contributed by atoms with Crippen LogP contribution in [0.5, 0.6) is 0 Å². The summed E-state index contributed by atoms with van der Waals surface area (Å²) in [6, 6.07) is 2.53. The zero-order chi connectivity index (χ0) is 14.9. The highest BCUT2D eigenvalue weighted by atomic mass is 32.2. The van der Waals surface area contributed by atoms with E-state index in [2.05, 4.69) is 0 Å². The Kier molecular flexibility index (Phi) is 4.73. The molecule has 0 aromatic heterocycles. The SMILES string of the molecule is Cc1c(F)cc(CO)cc1S(=O)(=O)N1CCSC(C)C1. The van der Waals surface area contributed by atoms with Crippen LogP contribution in [0.2, 0.25) is 0 Å². The lowest BCUT2D eigenvalue weighted by molar-refractivity contribution is 0.280. The van der Waals surface area contributed by atoms with Crippen molar-refractivity contribution < 1.29 is 17.9 Å². The number of nitrogens with zero attached hydrogens (tertiary/aromatic N) is 1. The second kappa shape index (κ2) is 6.01. The van der Waals surface area contributed by atoms with Crippen LogP contribution in [-0.4, -0.2) is 41.9 Å². The molecule has 7 heteroatoms. The Balaban J connectivity index is 2.46. The first-order chi connectivity index (χ1) is 9.36. The third kappa shape index (κ3) is 3.00. The number of sulfonamides is 1. The zero-order valence-corrected chi connectivity index (χ0v) is 13.1. The van der Waals surface area contributed by atoms with Gasteiger partial charge >= 0.3 is 0 Å². The van der Waals surface area contributed by atoms with Crippen molar-refractivity contribution in [2.75, 3.05) is 18.8 Å². The number of halogens is 1. The van der Waals surface area contributed by atoms with Crippen molar-refractivity contribution in [2.24, 2.45) is 0 Å². The molecular weight excluding hydrogens is 301 g/mol. The van der Waals surface area contributed by atoms with Gasteiger partial charge in [-0.15, -0.1) is 0 Å². The number of rotatable bonds is 3. The average Bonchev–Trinajstić information content (AvgIpc) is 2.41. The highest BCUT2D eigenvalue weighted by Gasteiger charge is 2.31. The van der Waals surface area contributed by atoms with Gasteiger partial charge in [-0.1, -0.05) is 6.92 Å². The molecular formula is C13H18FNO3S2.